The van der Waals surface area contributed by atoms with E-state index in [1.54, 1.807) is 4.40 Å². The highest BCUT2D eigenvalue weighted by Gasteiger charge is 2.24. The first-order chi connectivity index (χ1) is 13.7. The van der Waals surface area contributed by atoms with E-state index in [-0.39, 0.29) is 38.5 Å². The van der Waals surface area contributed by atoms with Crippen molar-refractivity contribution in [3.05, 3.63) is 46.9 Å². The summed E-state index contributed by atoms with van der Waals surface area (Å²) in [6.07, 6.45) is 1.51. The number of hydrogen-bond acceptors (Lipinski definition) is 7. The van der Waals surface area contributed by atoms with Gasteiger partial charge in [-0.2, -0.15) is 0 Å². The van der Waals surface area contributed by atoms with E-state index in [1.807, 2.05) is 13.8 Å². The van der Waals surface area contributed by atoms with Crippen molar-refractivity contribution in [2.24, 2.45) is 0 Å². The average Bonchev–Trinajstić information content (AvgIpc) is 3.11. The number of carbonyl (C=O) groups is 1. The van der Waals surface area contributed by atoms with Crippen molar-refractivity contribution in [1.82, 2.24) is 14.6 Å². The van der Waals surface area contributed by atoms with Crippen LogP contribution >= 0.6 is 11.6 Å². The van der Waals surface area contributed by atoms with Crippen molar-refractivity contribution in [2.75, 3.05) is 18.9 Å². The number of nitrogens with zero attached hydrogens (tertiary/aromatic N) is 3. The molecular weight excluding hydrogens is 420 g/mol. The average molecular weight is 439 g/mol. The summed E-state index contributed by atoms with van der Waals surface area (Å²) >= 11 is 5.97. The molecule has 2 heterocycles. The number of pyridine rings is 1. The van der Waals surface area contributed by atoms with Gasteiger partial charge in [0.05, 0.1) is 25.5 Å². The topological polar surface area (TPSA) is 112 Å². The van der Waals surface area contributed by atoms with E-state index in [9.17, 15) is 13.2 Å². The second-order valence-electron chi connectivity index (χ2n) is 6.44. The quantitative estimate of drug-likeness (QED) is 0.588. The third kappa shape index (κ3) is 3.99. The maximum Gasteiger partial charge on any atom is 0.339 e. The van der Waals surface area contributed by atoms with Gasteiger partial charge in [-0.3, -0.25) is 9.12 Å². The highest BCUT2D eigenvalue weighted by atomic mass is 35.5. The molecule has 0 fully saturated rings. The highest BCUT2D eigenvalue weighted by molar-refractivity contribution is 7.92. The Morgan fingerprint density at radius 3 is 2.55 bits per heavy atom. The number of benzene rings is 1. The molecule has 0 spiro atoms. The Hall–Kier alpha value is -2.85. The Morgan fingerprint density at radius 1 is 1.21 bits per heavy atom. The molecule has 29 heavy (non-hydrogen) atoms. The Morgan fingerprint density at radius 2 is 1.93 bits per heavy atom. The molecule has 1 aromatic carbocycles. The van der Waals surface area contributed by atoms with Crippen molar-refractivity contribution >= 4 is 38.9 Å². The number of halogens is 1. The number of hydrogen-bond donors (Lipinski definition) is 1. The molecule has 3 rings (SSSR count). The molecule has 0 amide bonds. The molecule has 0 aliphatic rings. The normalized spacial score (nSPS) is 11.7. The second-order valence-corrected chi connectivity index (χ2v) is 8.53. The molecule has 9 nitrogen and oxygen atoms in total. The number of carbonyl (C=O) groups excluding carboxylic acids is 1. The molecule has 0 aliphatic carbocycles. The number of sulfonamides is 1. The van der Waals surface area contributed by atoms with Crippen molar-refractivity contribution in [2.45, 2.75) is 24.7 Å². The van der Waals surface area contributed by atoms with Gasteiger partial charge in [0.25, 0.3) is 10.0 Å². The Kier molecular flexibility index (Phi) is 5.67. The SMILES string of the molecule is COC(=O)c1cc(NS(=O)(=O)c2cc(Cl)ccc2OC)c2nnc(C(C)C)n2c1. The summed E-state index contributed by atoms with van der Waals surface area (Å²) in [5.74, 6) is 0.0318. The fourth-order valence-electron chi connectivity index (χ4n) is 2.77. The molecule has 0 aliphatic heterocycles. The maximum absolute atomic E-state index is 13.0. The second kappa shape index (κ2) is 7.88. The first-order valence-electron chi connectivity index (χ1n) is 8.51. The zero-order valence-corrected chi connectivity index (χ0v) is 17.7. The number of esters is 1. The van der Waals surface area contributed by atoms with Crippen LogP contribution in [-0.4, -0.2) is 43.2 Å². The largest absolute Gasteiger partial charge is 0.495 e. The first kappa shape index (κ1) is 20.9. The zero-order valence-electron chi connectivity index (χ0n) is 16.1. The molecule has 2 aromatic heterocycles. The van der Waals surface area contributed by atoms with E-state index in [0.717, 1.165) is 0 Å². The number of methoxy groups -OCH3 is 2. The van der Waals surface area contributed by atoms with Crippen LogP contribution in [0.25, 0.3) is 5.65 Å². The summed E-state index contributed by atoms with van der Waals surface area (Å²) in [6, 6.07) is 5.58. The van der Waals surface area contributed by atoms with Gasteiger partial charge in [-0.15, -0.1) is 10.2 Å². The van der Waals surface area contributed by atoms with E-state index in [0.29, 0.717) is 5.82 Å². The molecule has 3 aromatic rings. The van der Waals surface area contributed by atoms with E-state index in [4.69, 9.17) is 21.1 Å². The number of nitrogens with one attached hydrogen (secondary N) is 1. The minimum Gasteiger partial charge on any atom is -0.495 e. The lowest BCUT2D eigenvalue weighted by Crippen LogP contribution is -2.16. The molecule has 0 radical (unpaired) electrons. The van der Waals surface area contributed by atoms with Crippen LogP contribution in [-0.2, 0) is 14.8 Å². The molecule has 0 atom stereocenters. The lowest BCUT2D eigenvalue weighted by molar-refractivity contribution is 0.0600. The summed E-state index contributed by atoms with van der Waals surface area (Å²) in [5, 5.41) is 8.42. The number of anilines is 1. The minimum atomic E-state index is -4.12. The Bertz CT molecular complexity index is 1190. The molecule has 0 unspecified atom stereocenters. The van der Waals surface area contributed by atoms with E-state index in [1.165, 1.54) is 44.7 Å². The Labute approximate surface area is 172 Å². The molecule has 1 N–H and O–H groups in total. The lowest BCUT2D eigenvalue weighted by atomic mass is 10.2. The van der Waals surface area contributed by atoms with Crippen LogP contribution in [0.15, 0.2) is 35.4 Å². The summed E-state index contributed by atoms with van der Waals surface area (Å²) in [6.45, 7) is 3.81. The van der Waals surface area contributed by atoms with E-state index >= 15 is 0 Å². The summed E-state index contributed by atoms with van der Waals surface area (Å²) in [5.41, 5.74) is 0.442. The van der Waals surface area contributed by atoms with Crippen molar-refractivity contribution in [3.8, 4) is 5.75 Å². The predicted molar refractivity (Wildman–Crippen MR) is 107 cm³/mol. The van der Waals surface area contributed by atoms with Gasteiger partial charge in [-0.1, -0.05) is 25.4 Å². The smallest absolute Gasteiger partial charge is 0.339 e. The van der Waals surface area contributed by atoms with Gasteiger partial charge >= 0.3 is 5.97 Å². The van der Waals surface area contributed by atoms with Crippen molar-refractivity contribution < 1.29 is 22.7 Å². The molecule has 0 saturated heterocycles. The monoisotopic (exact) mass is 438 g/mol. The Balaban J connectivity index is 2.19. The summed E-state index contributed by atoms with van der Waals surface area (Å²) < 4.78 is 40.0. The van der Waals surface area contributed by atoms with Crippen molar-refractivity contribution in [1.29, 1.82) is 0 Å². The van der Waals surface area contributed by atoms with Crippen LogP contribution in [0.1, 0.15) is 35.9 Å². The minimum absolute atomic E-state index is 0.0182. The fourth-order valence-corrected chi connectivity index (χ4v) is 4.25. The first-order valence-corrected chi connectivity index (χ1v) is 10.4. The number of rotatable bonds is 6. The summed E-state index contributed by atoms with van der Waals surface area (Å²) in [7, 11) is -1.53. The summed E-state index contributed by atoms with van der Waals surface area (Å²) in [4.78, 5) is 11.9. The maximum atomic E-state index is 13.0. The van der Waals surface area contributed by atoms with Gasteiger partial charge in [0, 0.05) is 17.1 Å². The number of ether oxygens (including phenoxy) is 2. The van der Waals surface area contributed by atoms with Crippen LogP contribution in [0.5, 0.6) is 5.75 Å². The predicted octanol–water partition coefficient (Wildman–Crippen LogP) is 3.10. The van der Waals surface area contributed by atoms with Gasteiger partial charge < -0.3 is 9.47 Å². The van der Waals surface area contributed by atoms with Crippen molar-refractivity contribution in [3.63, 3.8) is 0 Å². The van der Waals surface area contributed by atoms with Gasteiger partial charge in [0.2, 0.25) is 0 Å². The van der Waals surface area contributed by atoms with Gasteiger partial charge in [0.1, 0.15) is 16.5 Å². The molecular formula is C18H19ClN4O5S. The number of fused-ring (bicyclic) bond motifs is 1. The zero-order chi connectivity index (χ0) is 21.3. The standard InChI is InChI=1S/C18H19ClN4O5S/c1-10(2)16-20-21-17-13(7-11(9-23(16)17)18(24)28-4)22-29(25,26)15-8-12(19)5-6-14(15)27-3/h5-10,22H,1-4H3. The fraction of sp³-hybridized carbons (Fsp3) is 0.278. The van der Waals surface area contributed by atoms with Crippen LogP contribution in [0.4, 0.5) is 5.69 Å². The van der Waals surface area contributed by atoms with Gasteiger partial charge in [-0.05, 0) is 24.3 Å². The van der Waals surface area contributed by atoms with E-state index < -0.39 is 16.0 Å². The third-order valence-corrected chi connectivity index (χ3v) is 5.75. The third-order valence-electron chi connectivity index (χ3n) is 4.13. The van der Waals surface area contributed by atoms with Gasteiger partial charge in [0.15, 0.2) is 5.65 Å². The van der Waals surface area contributed by atoms with Gasteiger partial charge in [-0.25, -0.2) is 13.2 Å². The molecule has 0 saturated carbocycles. The number of aromatic nitrogens is 3. The van der Waals surface area contributed by atoms with Crippen LogP contribution in [0.3, 0.4) is 0 Å². The highest BCUT2D eigenvalue weighted by Crippen LogP contribution is 2.30. The van der Waals surface area contributed by atoms with E-state index in [2.05, 4.69) is 14.9 Å². The molecule has 154 valence electrons. The molecule has 11 heteroatoms. The lowest BCUT2D eigenvalue weighted by Gasteiger charge is -2.14. The van der Waals surface area contributed by atoms with Crippen LogP contribution in [0, 0.1) is 0 Å². The molecule has 0 bridgehead atoms. The van der Waals surface area contributed by atoms with Crippen LogP contribution in [0.2, 0.25) is 5.02 Å². The van der Waals surface area contributed by atoms with Crippen LogP contribution < -0.4 is 9.46 Å².